The molecular formula is C50H32N6S. The largest absolute Gasteiger partial charge is 0.208 e. The number of thiophene rings is 1. The molecule has 0 bridgehead atoms. The van der Waals surface area contributed by atoms with Gasteiger partial charge in [0.2, 0.25) is 0 Å². The number of rotatable bonds is 6. The van der Waals surface area contributed by atoms with Crippen LogP contribution in [0.1, 0.15) is 58.2 Å². The normalized spacial score (nSPS) is 21.5. The fraction of sp³-hybridized carbons (Fsp3) is 0.160. The molecule has 5 atom stereocenters. The number of nitriles is 3. The second-order valence-electron chi connectivity index (χ2n) is 15.7. The Kier molecular flexibility index (Phi) is 7.49. The average Bonchev–Trinajstić information content (AvgIpc) is 3.65. The van der Waals surface area contributed by atoms with E-state index in [-0.39, 0.29) is 0 Å². The smallest absolute Gasteiger partial charge is 0.164 e. The first-order chi connectivity index (χ1) is 28.0. The molecule has 3 fully saturated rings. The van der Waals surface area contributed by atoms with Gasteiger partial charge in [-0.05, 0) is 130 Å². The molecule has 8 aromatic rings. The molecule has 3 aliphatic carbocycles. The first-order valence-corrected chi connectivity index (χ1v) is 20.2. The van der Waals surface area contributed by atoms with Gasteiger partial charge in [-0.15, -0.1) is 11.3 Å². The van der Waals surface area contributed by atoms with Crippen LogP contribution in [0.4, 0.5) is 0 Å². The molecule has 6 aromatic carbocycles. The Morgan fingerprint density at radius 1 is 0.509 bits per heavy atom. The second kappa shape index (κ2) is 12.8. The van der Waals surface area contributed by atoms with Crippen molar-refractivity contribution in [3.8, 4) is 63.5 Å². The second-order valence-corrected chi connectivity index (χ2v) is 16.8. The molecule has 268 valence electrons. The van der Waals surface area contributed by atoms with Crippen LogP contribution in [0.15, 0.2) is 133 Å². The molecule has 3 saturated carbocycles. The van der Waals surface area contributed by atoms with Crippen LogP contribution >= 0.6 is 11.3 Å². The fourth-order valence-corrected chi connectivity index (χ4v) is 11.6. The topological polar surface area (TPSA) is 110 Å². The summed E-state index contributed by atoms with van der Waals surface area (Å²) in [6.07, 6.45) is 3.80. The van der Waals surface area contributed by atoms with Gasteiger partial charge in [-0.3, -0.25) is 0 Å². The van der Waals surface area contributed by atoms with Gasteiger partial charge >= 0.3 is 0 Å². The van der Waals surface area contributed by atoms with E-state index in [0.29, 0.717) is 45.9 Å². The van der Waals surface area contributed by atoms with Gasteiger partial charge in [-0.25, -0.2) is 15.0 Å². The molecule has 0 amide bonds. The van der Waals surface area contributed by atoms with E-state index in [2.05, 4.69) is 103 Å². The zero-order valence-electron chi connectivity index (χ0n) is 30.7. The summed E-state index contributed by atoms with van der Waals surface area (Å²) in [5.74, 6) is 4.19. The molecule has 3 aliphatic rings. The summed E-state index contributed by atoms with van der Waals surface area (Å²) in [5.41, 5.74) is 8.93. The lowest BCUT2D eigenvalue weighted by Gasteiger charge is -2.79. The van der Waals surface area contributed by atoms with E-state index in [4.69, 9.17) is 15.0 Å². The van der Waals surface area contributed by atoms with Crippen LogP contribution in [0, 0.1) is 51.2 Å². The van der Waals surface area contributed by atoms with Gasteiger partial charge in [0.05, 0.1) is 23.3 Å². The van der Waals surface area contributed by atoms with E-state index >= 15 is 0 Å². The maximum atomic E-state index is 10.2. The summed E-state index contributed by atoms with van der Waals surface area (Å²) in [4.78, 5) is 15.4. The number of nitrogens with zero attached hydrogens (tertiary/aromatic N) is 6. The van der Waals surface area contributed by atoms with Crippen LogP contribution in [0.2, 0.25) is 0 Å². The van der Waals surface area contributed by atoms with Crippen LogP contribution in [0.5, 0.6) is 0 Å². The van der Waals surface area contributed by atoms with Crippen molar-refractivity contribution >= 4 is 32.2 Å². The highest BCUT2D eigenvalue weighted by Crippen LogP contribution is 2.84. The Morgan fingerprint density at radius 3 is 1.49 bits per heavy atom. The Bertz CT molecular complexity index is 2960. The van der Waals surface area contributed by atoms with Gasteiger partial charge in [-0.2, -0.15) is 15.8 Å². The predicted octanol–water partition coefficient (Wildman–Crippen LogP) is 11.8. The van der Waals surface area contributed by atoms with Gasteiger partial charge < -0.3 is 0 Å². The van der Waals surface area contributed by atoms with E-state index in [1.54, 1.807) is 35.6 Å². The number of fused-ring (bicyclic) bond motifs is 3. The minimum atomic E-state index is 0.310. The molecule has 5 unspecified atom stereocenters. The quantitative estimate of drug-likeness (QED) is 0.167. The van der Waals surface area contributed by atoms with Crippen LogP contribution in [-0.4, -0.2) is 15.0 Å². The number of hydrogen-bond acceptors (Lipinski definition) is 7. The van der Waals surface area contributed by atoms with Crippen molar-refractivity contribution < 1.29 is 0 Å². The molecule has 6 nitrogen and oxygen atoms in total. The molecule has 57 heavy (non-hydrogen) atoms. The Morgan fingerprint density at radius 2 is 1.00 bits per heavy atom. The van der Waals surface area contributed by atoms with Crippen LogP contribution in [-0.2, 0) is 0 Å². The van der Waals surface area contributed by atoms with E-state index in [1.165, 1.54) is 46.5 Å². The molecule has 0 N–H and O–H groups in total. The van der Waals surface area contributed by atoms with Crippen LogP contribution < -0.4 is 0 Å². The van der Waals surface area contributed by atoms with E-state index < -0.39 is 0 Å². The Balaban J connectivity index is 0.901. The van der Waals surface area contributed by atoms with Crippen molar-refractivity contribution in [1.29, 1.82) is 15.8 Å². The lowest BCUT2D eigenvalue weighted by atomic mass is 9.25. The van der Waals surface area contributed by atoms with E-state index in [1.807, 2.05) is 24.3 Å². The molecule has 7 heteroatoms. The summed E-state index contributed by atoms with van der Waals surface area (Å²) < 4.78 is 1.15. The van der Waals surface area contributed by atoms with Crippen molar-refractivity contribution in [1.82, 2.24) is 15.0 Å². The van der Waals surface area contributed by atoms with Crippen LogP contribution in [0.25, 0.3) is 66.1 Å². The van der Waals surface area contributed by atoms with Gasteiger partial charge in [0.15, 0.2) is 17.5 Å². The fourth-order valence-electron chi connectivity index (χ4n) is 10.5. The molecule has 0 radical (unpaired) electrons. The van der Waals surface area contributed by atoms with E-state index in [0.717, 1.165) is 49.2 Å². The molecule has 2 aromatic heterocycles. The van der Waals surface area contributed by atoms with Crippen LogP contribution in [0.3, 0.4) is 0 Å². The third-order valence-electron chi connectivity index (χ3n) is 13.3. The summed E-state index contributed by atoms with van der Waals surface area (Å²) in [5, 5.41) is 32.4. The summed E-state index contributed by atoms with van der Waals surface area (Å²) in [6.45, 7) is 0. The number of hydrogen-bond donors (Lipinski definition) is 0. The van der Waals surface area contributed by atoms with Crippen molar-refractivity contribution in [3.63, 3.8) is 0 Å². The van der Waals surface area contributed by atoms with Gasteiger partial charge in [-0.1, -0.05) is 78.9 Å². The van der Waals surface area contributed by atoms with Gasteiger partial charge in [0.25, 0.3) is 0 Å². The van der Waals surface area contributed by atoms with Crippen molar-refractivity contribution in [2.75, 3.05) is 0 Å². The molecule has 1 spiro atoms. The lowest BCUT2D eigenvalue weighted by Crippen LogP contribution is -2.70. The Hall–Kier alpha value is -6.98. The van der Waals surface area contributed by atoms with Crippen molar-refractivity contribution in [2.24, 2.45) is 17.3 Å². The number of aromatic nitrogens is 3. The monoisotopic (exact) mass is 748 g/mol. The first kappa shape index (κ1) is 33.4. The number of benzene rings is 6. The van der Waals surface area contributed by atoms with Gasteiger partial charge in [0.1, 0.15) is 10.9 Å². The van der Waals surface area contributed by atoms with Crippen molar-refractivity contribution in [3.05, 3.63) is 161 Å². The Labute approximate surface area is 334 Å². The minimum Gasteiger partial charge on any atom is -0.208 e. The highest BCUT2D eigenvalue weighted by molar-refractivity contribution is 7.20. The zero-order valence-corrected chi connectivity index (χ0v) is 31.5. The minimum absolute atomic E-state index is 0.310. The molecule has 11 rings (SSSR count). The maximum Gasteiger partial charge on any atom is 0.164 e. The highest BCUT2D eigenvalue weighted by Gasteiger charge is 2.75. The van der Waals surface area contributed by atoms with Gasteiger partial charge in [0, 0.05) is 32.3 Å². The molecular weight excluding hydrogens is 717 g/mol. The SMILES string of the molecule is N#Cc1ccc(-c2nc(-c3ccc(C#N)cc3)nc(-c3ccc(C4CC5CC6CC(c7ccc(-c8c(C#N)sc9ccc%10ccccc%10c89)cc7)C564)cc3)n2)cc1. The summed E-state index contributed by atoms with van der Waals surface area (Å²) in [6, 6.07) is 52.2. The third kappa shape index (κ3) is 5.01. The lowest BCUT2D eigenvalue weighted by molar-refractivity contribution is -0.253. The maximum absolute atomic E-state index is 10.2. The van der Waals surface area contributed by atoms with E-state index in [9.17, 15) is 15.8 Å². The average molecular weight is 749 g/mol. The first-order valence-electron chi connectivity index (χ1n) is 19.4. The van der Waals surface area contributed by atoms with Crippen molar-refractivity contribution in [2.45, 2.75) is 31.1 Å². The third-order valence-corrected chi connectivity index (χ3v) is 14.3. The standard InChI is InChI=1S/C50H32N6S/c51-26-29-5-9-35(10-6-29)47-54-48(36-11-7-30(27-52)8-12-36)56-49(55-47)37-19-15-33(16-20-37)42-25-39-23-38-24-41(50(38,39)42)32-13-17-34(18-14-32)45-44(28-53)57-43-22-21-31-3-1-2-4-40(31)46(43)45/h1-22,38-39,41-42H,23-25H2. The highest BCUT2D eigenvalue weighted by atomic mass is 32.1. The molecule has 0 aliphatic heterocycles. The molecule has 2 heterocycles. The summed E-state index contributed by atoms with van der Waals surface area (Å²) in [7, 11) is 0. The summed E-state index contributed by atoms with van der Waals surface area (Å²) >= 11 is 1.59. The predicted molar refractivity (Wildman–Crippen MR) is 224 cm³/mol. The zero-order chi connectivity index (χ0) is 38.3. The molecule has 0 saturated heterocycles.